The fourth-order valence-electron chi connectivity index (χ4n) is 1.42. The molecule has 5 heteroatoms. The summed E-state index contributed by atoms with van der Waals surface area (Å²) in [5.41, 5.74) is 15.5. The van der Waals surface area contributed by atoms with Gasteiger partial charge in [0.25, 0.3) is 0 Å². The molecule has 1 atom stereocenters. The van der Waals surface area contributed by atoms with Gasteiger partial charge in [-0.2, -0.15) is 0 Å². The van der Waals surface area contributed by atoms with Crippen LogP contribution in [-0.2, 0) is 11.3 Å². The van der Waals surface area contributed by atoms with Crippen LogP contribution in [0.2, 0.25) is 0 Å². The Morgan fingerprint density at radius 2 is 2.27 bits per heavy atom. The van der Waals surface area contributed by atoms with Crippen LogP contribution >= 0.6 is 0 Å². The molecule has 2 N–H and O–H groups in total. The molecule has 0 amide bonds. The van der Waals surface area contributed by atoms with Gasteiger partial charge in [0.05, 0.1) is 0 Å². The number of carbonyl (C=O) groups is 1. The van der Waals surface area contributed by atoms with Crippen LogP contribution in [0.15, 0.2) is 29.4 Å². The zero-order chi connectivity index (χ0) is 11.1. The van der Waals surface area contributed by atoms with E-state index in [4.69, 9.17) is 11.3 Å². The second kappa shape index (κ2) is 5.80. The van der Waals surface area contributed by atoms with E-state index in [2.05, 4.69) is 10.0 Å². The molecule has 0 saturated carbocycles. The summed E-state index contributed by atoms with van der Waals surface area (Å²) in [5.74, 6) is -0.402. The highest BCUT2D eigenvalue weighted by atomic mass is 16.1. The van der Waals surface area contributed by atoms with E-state index in [0.717, 1.165) is 17.4 Å². The molecule has 0 aliphatic heterocycles. The SMILES string of the molecule is [N-]=[N+]=NCC(C=O)c1ccccc1CN. The third-order valence-electron chi connectivity index (χ3n) is 2.18. The zero-order valence-electron chi connectivity index (χ0n) is 8.21. The van der Waals surface area contributed by atoms with Crippen LogP contribution in [0, 0.1) is 0 Å². The Bertz CT molecular complexity index is 385. The first-order valence-electron chi connectivity index (χ1n) is 4.57. The Hall–Kier alpha value is -1.84. The maximum absolute atomic E-state index is 10.9. The summed E-state index contributed by atoms with van der Waals surface area (Å²) in [5, 5.41) is 3.40. The molecule has 0 radical (unpaired) electrons. The van der Waals surface area contributed by atoms with Gasteiger partial charge in [-0.05, 0) is 16.7 Å². The predicted molar refractivity (Wildman–Crippen MR) is 57.2 cm³/mol. The Kier molecular flexibility index (Phi) is 4.34. The monoisotopic (exact) mass is 204 g/mol. The number of nitrogens with two attached hydrogens (primary N) is 1. The van der Waals surface area contributed by atoms with E-state index in [0.29, 0.717) is 6.54 Å². The molecule has 78 valence electrons. The molecule has 1 unspecified atom stereocenters. The summed E-state index contributed by atoms with van der Waals surface area (Å²) in [7, 11) is 0. The smallest absolute Gasteiger partial charge is 0.127 e. The van der Waals surface area contributed by atoms with E-state index in [1.807, 2.05) is 24.3 Å². The van der Waals surface area contributed by atoms with Crippen LogP contribution in [-0.4, -0.2) is 12.8 Å². The second-order valence-corrected chi connectivity index (χ2v) is 3.06. The molecule has 0 saturated heterocycles. The van der Waals surface area contributed by atoms with Crippen LogP contribution in [0.5, 0.6) is 0 Å². The Balaban J connectivity index is 2.99. The molecule has 1 aromatic carbocycles. The van der Waals surface area contributed by atoms with Gasteiger partial charge < -0.3 is 10.5 Å². The van der Waals surface area contributed by atoms with Gasteiger partial charge in [-0.15, -0.1) is 0 Å². The lowest BCUT2D eigenvalue weighted by Crippen LogP contribution is -2.09. The van der Waals surface area contributed by atoms with Gasteiger partial charge >= 0.3 is 0 Å². The topological polar surface area (TPSA) is 91.9 Å². The van der Waals surface area contributed by atoms with Crippen molar-refractivity contribution < 1.29 is 4.79 Å². The van der Waals surface area contributed by atoms with Gasteiger partial charge in [-0.3, -0.25) is 0 Å². The molecular weight excluding hydrogens is 192 g/mol. The van der Waals surface area contributed by atoms with E-state index in [9.17, 15) is 4.79 Å². The minimum Gasteiger partial charge on any atom is -0.326 e. The highest BCUT2D eigenvalue weighted by Crippen LogP contribution is 2.18. The van der Waals surface area contributed by atoms with Crippen LogP contribution in [0.3, 0.4) is 0 Å². The summed E-state index contributed by atoms with van der Waals surface area (Å²) >= 11 is 0. The maximum atomic E-state index is 10.9. The fourth-order valence-corrected chi connectivity index (χ4v) is 1.42. The average Bonchev–Trinajstić information content (AvgIpc) is 2.30. The third-order valence-corrected chi connectivity index (χ3v) is 2.18. The Morgan fingerprint density at radius 3 is 2.87 bits per heavy atom. The largest absolute Gasteiger partial charge is 0.326 e. The molecule has 0 spiro atoms. The number of hydrogen-bond acceptors (Lipinski definition) is 3. The highest BCUT2D eigenvalue weighted by molar-refractivity contribution is 5.63. The lowest BCUT2D eigenvalue weighted by atomic mass is 9.95. The van der Waals surface area contributed by atoms with Crippen molar-refractivity contribution in [2.75, 3.05) is 6.54 Å². The van der Waals surface area contributed by atoms with E-state index < -0.39 is 5.92 Å². The Morgan fingerprint density at radius 1 is 1.53 bits per heavy atom. The van der Waals surface area contributed by atoms with E-state index >= 15 is 0 Å². The van der Waals surface area contributed by atoms with Crippen LogP contribution < -0.4 is 5.73 Å². The standard InChI is InChI=1S/C10H12N4O/c11-5-8-3-1-2-4-10(8)9(7-15)6-13-14-12/h1-4,7,9H,5-6,11H2. The normalized spacial score (nSPS) is 11.5. The first kappa shape index (κ1) is 11.2. The lowest BCUT2D eigenvalue weighted by molar-refractivity contribution is -0.108. The summed E-state index contributed by atoms with van der Waals surface area (Å²) in [6.45, 7) is 0.508. The summed E-state index contributed by atoms with van der Waals surface area (Å²) in [6.07, 6.45) is 0.781. The molecule has 1 aromatic rings. The number of carbonyl (C=O) groups excluding carboxylic acids is 1. The first-order valence-corrected chi connectivity index (χ1v) is 4.57. The molecule has 0 bridgehead atoms. The minimum atomic E-state index is -0.402. The molecule has 0 aromatic heterocycles. The molecule has 5 nitrogen and oxygen atoms in total. The van der Waals surface area contributed by atoms with Gasteiger partial charge in [-0.25, -0.2) is 0 Å². The lowest BCUT2D eigenvalue weighted by Gasteiger charge is -2.11. The van der Waals surface area contributed by atoms with Gasteiger partial charge in [0.2, 0.25) is 0 Å². The minimum absolute atomic E-state index is 0.136. The van der Waals surface area contributed by atoms with Crippen LogP contribution in [0.4, 0.5) is 0 Å². The summed E-state index contributed by atoms with van der Waals surface area (Å²) in [4.78, 5) is 13.5. The zero-order valence-corrected chi connectivity index (χ0v) is 8.21. The van der Waals surface area contributed by atoms with Crippen molar-refractivity contribution in [3.05, 3.63) is 45.8 Å². The number of nitrogens with zero attached hydrogens (tertiary/aromatic N) is 3. The van der Waals surface area contributed by atoms with Crippen LogP contribution in [0.25, 0.3) is 10.4 Å². The third kappa shape index (κ3) is 2.80. The van der Waals surface area contributed by atoms with Gasteiger partial charge in [-0.1, -0.05) is 29.4 Å². The van der Waals surface area contributed by atoms with E-state index in [1.54, 1.807) is 0 Å². The van der Waals surface area contributed by atoms with Crippen molar-refractivity contribution >= 4 is 6.29 Å². The van der Waals surface area contributed by atoms with Crippen molar-refractivity contribution in [1.82, 2.24) is 0 Å². The second-order valence-electron chi connectivity index (χ2n) is 3.06. The highest BCUT2D eigenvalue weighted by Gasteiger charge is 2.12. The van der Waals surface area contributed by atoms with E-state index in [-0.39, 0.29) is 6.54 Å². The number of benzene rings is 1. The quantitative estimate of drug-likeness (QED) is 0.342. The molecule has 0 aliphatic rings. The maximum Gasteiger partial charge on any atom is 0.127 e. The molecule has 0 heterocycles. The van der Waals surface area contributed by atoms with Crippen molar-refractivity contribution in [3.8, 4) is 0 Å². The number of rotatable bonds is 5. The number of hydrogen-bond donors (Lipinski definition) is 1. The number of azide groups is 1. The predicted octanol–water partition coefficient (Wildman–Crippen LogP) is 1.74. The average molecular weight is 204 g/mol. The van der Waals surface area contributed by atoms with Crippen molar-refractivity contribution in [1.29, 1.82) is 0 Å². The molecule has 0 fully saturated rings. The molecule has 1 rings (SSSR count). The van der Waals surface area contributed by atoms with Crippen LogP contribution in [0.1, 0.15) is 17.0 Å². The van der Waals surface area contributed by atoms with Crippen molar-refractivity contribution in [3.63, 3.8) is 0 Å². The molecule has 15 heavy (non-hydrogen) atoms. The number of aldehydes is 1. The molecular formula is C10H12N4O. The van der Waals surface area contributed by atoms with Gasteiger partial charge in [0, 0.05) is 23.9 Å². The molecule has 0 aliphatic carbocycles. The summed E-state index contributed by atoms with van der Waals surface area (Å²) < 4.78 is 0. The van der Waals surface area contributed by atoms with Crippen molar-refractivity contribution in [2.24, 2.45) is 10.8 Å². The van der Waals surface area contributed by atoms with Gasteiger partial charge in [0.1, 0.15) is 6.29 Å². The fraction of sp³-hybridized carbons (Fsp3) is 0.300. The Labute approximate surface area is 87.5 Å². The van der Waals surface area contributed by atoms with Crippen molar-refractivity contribution in [2.45, 2.75) is 12.5 Å². The summed E-state index contributed by atoms with van der Waals surface area (Å²) in [6, 6.07) is 7.39. The van der Waals surface area contributed by atoms with Gasteiger partial charge in [0.15, 0.2) is 0 Å². The van der Waals surface area contributed by atoms with E-state index in [1.165, 1.54) is 0 Å². The first-order chi connectivity index (χ1) is 7.33.